The quantitative estimate of drug-likeness (QED) is 0.0676. The van der Waals surface area contributed by atoms with Gasteiger partial charge in [0.1, 0.15) is 0 Å². The molecule has 0 radical (unpaired) electrons. The summed E-state index contributed by atoms with van der Waals surface area (Å²) in [6.07, 6.45) is 0. The van der Waals surface area contributed by atoms with Gasteiger partial charge in [0.15, 0.2) is 0 Å². The molecule has 0 aliphatic heterocycles. The third-order valence-electron chi connectivity index (χ3n) is 4.05. The summed E-state index contributed by atoms with van der Waals surface area (Å²) in [5.74, 6) is 12.7. The molecule has 0 unspecified atom stereocenters. The van der Waals surface area contributed by atoms with Gasteiger partial charge in [-0.2, -0.15) is 70.6 Å². The fourth-order valence-corrected chi connectivity index (χ4v) is 8.68. The molecule has 0 aliphatic rings. The molecule has 0 N–H and O–H groups in total. The van der Waals surface area contributed by atoms with E-state index in [1.54, 1.807) is 0 Å². The van der Waals surface area contributed by atoms with Crippen LogP contribution in [0.2, 0.25) is 0 Å². The van der Waals surface area contributed by atoms with Crippen molar-refractivity contribution in [1.82, 2.24) is 0 Å². The van der Waals surface area contributed by atoms with Crippen molar-refractivity contribution in [2.24, 2.45) is 0 Å². The molecule has 0 aromatic rings. The molecule has 0 heterocycles. The van der Waals surface area contributed by atoms with Gasteiger partial charge in [0.05, 0.1) is 0 Å². The molecule has 0 nitrogen and oxygen atoms in total. The lowest BCUT2D eigenvalue weighted by molar-refractivity contribution is 1.39. The molecule has 8 heteroatoms. The normalized spacial score (nSPS) is 10.7. The Bertz CT molecular complexity index is 684. The predicted octanol–water partition coefficient (Wildman–Crippen LogP) is 9.76. The van der Waals surface area contributed by atoms with Crippen LogP contribution >= 0.6 is 93.8 Å². The Morgan fingerprint density at radius 2 is 0.444 bits per heavy atom. The Morgan fingerprint density at radius 3 is 0.583 bits per heavy atom. The van der Waals surface area contributed by atoms with Crippen molar-refractivity contribution < 1.29 is 0 Å². The molecule has 0 atom stereocenters. The van der Waals surface area contributed by atoms with Gasteiger partial charge in [0, 0.05) is 80.8 Å². The Kier molecular flexibility index (Phi) is 25.5. The van der Waals surface area contributed by atoms with Gasteiger partial charge in [-0.15, -0.1) is 23.2 Å². The minimum atomic E-state index is 0.538. The lowest BCUT2D eigenvalue weighted by atomic mass is 10.4. The van der Waals surface area contributed by atoms with Crippen LogP contribution in [0.3, 0.4) is 0 Å². The van der Waals surface area contributed by atoms with Crippen LogP contribution in [0.15, 0.2) is 85.1 Å². The number of rotatable bonds is 26. The van der Waals surface area contributed by atoms with Gasteiger partial charge in [-0.25, -0.2) is 0 Å². The SMILES string of the molecule is C=C(CCl)CSCC(=C)CSCC(=C)CSCC(=C)CSCC(=C)CSCC(=C)CSCC(=C)CCl. The van der Waals surface area contributed by atoms with E-state index in [9.17, 15) is 0 Å². The van der Waals surface area contributed by atoms with E-state index in [2.05, 4.69) is 46.1 Å². The Hall–Kier alpha value is 0.860. The summed E-state index contributed by atoms with van der Waals surface area (Å²) in [6.45, 7) is 28.9. The van der Waals surface area contributed by atoms with Crippen LogP contribution < -0.4 is 0 Å². The van der Waals surface area contributed by atoms with Gasteiger partial charge >= 0.3 is 0 Å². The van der Waals surface area contributed by atoms with Crippen molar-refractivity contribution in [3.63, 3.8) is 0 Å². The zero-order chi connectivity index (χ0) is 27.2. The van der Waals surface area contributed by atoms with Crippen LogP contribution in [0.5, 0.6) is 0 Å². The molecular formula is C28H42Cl2S6. The topological polar surface area (TPSA) is 0 Å². The van der Waals surface area contributed by atoms with E-state index < -0.39 is 0 Å². The highest BCUT2D eigenvalue weighted by molar-refractivity contribution is 8.02. The molecule has 0 aromatic carbocycles. The van der Waals surface area contributed by atoms with Crippen molar-refractivity contribution in [3.8, 4) is 0 Å². The van der Waals surface area contributed by atoms with Crippen molar-refractivity contribution in [3.05, 3.63) is 85.1 Å². The van der Waals surface area contributed by atoms with E-state index in [-0.39, 0.29) is 0 Å². The molecule has 0 saturated carbocycles. The van der Waals surface area contributed by atoms with Gasteiger partial charge in [-0.05, 0) is 0 Å². The van der Waals surface area contributed by atoms with Crippen LogP contribution in [-0.2, 0) is 0 Å². The summed E-state index contributed by atoms with van der Waals surface area (Å²) in [4.78, 5) is 0. The van der Waals surface area contributed by atoms with Crippen molar-refractivity contribution >= 4 is 93.8 Å². The van der Waals surface area contributed by atoms with E-state index >= 15 is 0 Å². The predicted molar refractivity (Wildman–Crippen MR) is 189 cm³/mol. The molecule has 0 rings (SSSR count). The number of hydrogen-bond donors (Lipinski definition) is 0. The third kappa shape index (κ3) is 23.9. The summed E-state index contributed by atoms with van der Waals surface area (Å²) in [5, 5.41) is 0. The van der Waals surface area contributed by atoms with Crippen molar-refractivity contribution in [2.45, 2.75) is 0 Å². The summed E-state index contributed by atoms with van der Waals surface area (Å²) in [6, 6.07) is 0. The van der Waals surface area contributed by atoms with E-state index in [1.165, 1.54) is 27.9 Å². The molecule has 0 fully saturated rings. The highest BCUT2D eigenvalue weighted by atomic mass is 35.5. The number of halogens is 2. The monoisotopic (exact) mass is 640 g/mol. The first kappa shape index (κ1) is 36.9. The Labute approximate surface area is 257 Å². The van der Waals surface area contributed by atoms with E-state index in [1.807, 2.05) is 70.6 Å². The van der Waals surface area contributed by atoms with Crippen LogP contribution in [0.25, 0.3) is 0 Å². The second-order valence-electron chi connectivity index (χ2n) is 8.47. The van der Waals surface area contributed by atoms with Crippen LogP contribution in [0, 0.1) is 0 Å². The largest absolute Gasteiger partial charge is 0.153 e. The zero-order valence-corrected chi connectivity index (χ0v) is 28.0. The third-order valence-corrected chi connectivity index (χ3v) is 12.2. The number of alkyl halides is 2. The van der Waals surface area contributed by atoms with E-state index in [0.717, 1.165) is 80.2 Å². The molecule has 0 amide bonds. The first-order chi connectivity index (χ1) is 17.2. The van der Waals surface area contributed by atoms with Gasteiger partial charge in [0.25, 0.3) is 0 Å². The molecular weight excluding hydrogens is 600 g/mol. The van der Waals surface area contributed by atoms with Gasteiger partial charge in [-0.3, -0.25) is 0 Å². The zero-order valence-electron chi connectivity index (χ0n) is 21.6. The smallest absolute Gasteiger partial charge is 0.0439 e. The maximum atomic E-state index is 5.76. The average Bonchev–Trinajstić information content (AvgIpc) is 2.83. The fourth-order valence-electron chi connectivity index (χ4n) is 2.32. The average molecular weight is 642 g/mol. The van der Waals surface area contributed by atoms with Crippen LogP contribution in [-0.4, -0.2) is 80.8 Å². The highest BCUT2D eigenvalue weighted by Crippen LogP contribution is 2.21. The summed E-state index contributed by atoms with van der Waals surface area (Å²) in [7, 11) is 0. The first-order valence-electron chi connectivity index (χ1n) is 11.4. The lowest BCUT2D eigenvalue weighted by Crippen LogP contribution is -1.99. The maximum Gasteiger partial charge on any atom is 0.0439 e. The molecule has 0 aliphatic carbocycles. The molecule has 36 heavy (non-hydrogen) atoms. The molecule has 0 aromatic heterocycles. The summed E-state index contributed by atoms with van der Waals surface area (Å²) in [5.41, 5.74) is 8.49. The summed E-state index contributed by atoms with van der Waals surface area (Å²) >= 11 is 22.8. The highest BCUT2D eigenvalue weighted by Gasteiger charge is 2.04. The standard InChI is InChI=1S/C28H42Cl2S6/c1-22(8-29)10-31-12-24(3)14-33-16-26(5)18-35-20-28(7)21-36-19-27(6)17-34-15-25(4)13-32-11-23(2)9-30/h1-21H2. The lowest BCUT2D eigenvalue weighted by Gasteiger charge is -2.10. The van der Waals surface area contributed by atoms with Gasteiger partial charge < -0.3 is 0 Å². The van der Waals surface area contributed by atoms with E-state index in [4.69, 9.17) is 23.2 Å². The number of thioether (sulfide) groups is 6. The maximum absolute atomic E-state index is 5.76. The second kappa shape index (κ2) is 24.9. The molecule has 204 valence electrons. The Balaban J connectivity index is 3.70. The number of hydrogen-bond acceptors (Lipinski definition) is 6. The molecule has 0 bridgehead atoms. The molecule has 0 spiro atoms. The Morgan fingerprint density at radius 1 is 0.306 bits per heavy atom. The van der Waals surface area contributed by atoms with Crippen LogP contribution in [0.4, 0.5) is 0 Å². The van der Waals surface area contributed by atoms with Crippen molar-refractivity contribution in [1.29, 1.82) is 0 Å². The van der Waals surface area contributed by atoms with Gasteiger partial charge in [0.2, 0.25) is 0 Å². The second-order valence-corrected chi connectivity index (χ2v) is 14.9. The first-order valence-corrected chi connectivity index (χ1v) is 19.4. The van der Waals surface area contributed by atoms with E-state index in [0.29, 0.717) is 11.8 Å². The minimum Gasteiger partial charge on any atom is -0.153 e. The molecule has 0 saturated heterocycles. The fraction of sp³-hybridized carbons (Fsp3) is 0.500. The minimum absolute atomic E-state index is 0.538. The van der Waals surface area contributed by atoms with Gasteiger partial charge in [-0.1, -0.05) is 85.1 Å². The summed E-state index contributed by atoms with van der Waals surface area (Å²) < 4.78 is 0. The van der Waals surface area contributed by atoms with Crippen molar-refractivity contribution in [2.75, 3.05) is 80.8 Å². The van der Waals surface area contributed by atoms with Crippen LogP contribution in [0.1, 0.15) is 0 Å².